The van der Waals surface area contributed by atoms with Gasteiger partial charge in [-0.2, -0.15) is 13.2 Å². The van der Waals surface area contributed by atoms with Gasteiger partial charge in [-0.3, -0.25) is 0 Å². The van der Waals surface area contributed by atoms with Gasteiger partial charge < -0.3 is 5.73 Å². The van der Waals surface area contributed by atoms with E-state index >= 15 is 0 Å². The van der Waals surface area contributed by atoms with Crippen LogP contribution >= 0.6 is 11.8 Å². The Labute approximate surface area is 87.6 Å². The van der Waals surface area contributed by atoms with Crippen molar-refractivity contribution in [1.29, 1.82) is 0 Å². The molecule has 0 aliphatic rings. The molecule has 0 aromatic heterocycles. The molecular weight excluding hydrogens is 211 g/mol. The Hall–Kier alpha value is 0.100. The first kappa shape index (κ1) is 14.1. The van der Waals surface area contributed by atoms with E-state index in [-0.39, 0.29) is 13.0 Å². The lowest BCUT2D eigenvalue weighted by Gasteiger charge is -2.19. The Morgan fingerprint density at radius 3 is 2.14 bits per heavy atom. The van der Waals surface area contributed by atoms with Crippen LogP contribution < -0.4 is 5.73 Å². The second-order valence-corrected chi connectivity index (χ2v) is 4.97. The zero-order valence-corrected chi connectivity index (χ0v) is 9.42. The van der Waals surface area contributed by atoms with Gasteiger partial charge >= 0.3 is 6.18 Å². The summed E-state index contributed by atoms with van der Waals surface area (Å²) in [5.74, 6) is 1.01. The minimum absolute atomic E-state index is 0.0201. The van der Waals surface area contributed by atoms with Gasteiger partial charge in [0, 0.05) is 0 Å². The fourth-order valence-corrected chi connectivity index (χ4v) is 2.32. The minimum atomic E-state index is -4.11. The number of rotatable bonds is 6. The lowest BCUT2D eigenvalue weighted by atomic mass is 10.2. The summed E-state index contributed by atoms with van der Waals surface area (Å²) in [4.78, 5) is 0. The fraction of sp³-hybridized carbons (Fsp3) is 1.00. The Morgan fingerprint density at radius 1 is 1.21 bits per heavy atom. The Balaban J connectivity index is 3.86. The van der Waals surface area contributed by atoms with E-state index in [1.165, 1.54) is 0 Å². The molecule has 5 heteroatoms. The largest absolute Gasteiger partial charge is 0.400 e. The maximum Gasteiger partial charge on any atom is 0.400 e. The van der Waals surface area contributed by atoms with Crippen LogP contribution in [0.1, 0.15) is 26.7 Å². The van der Waals surface area contributed by atoms with Crippen molar-refractivity contribution in [3.63, 3.8) is 0 Å². The lowest BCUT2D eigenvalue weighted by Crippen LogP contribution is -2.28. The molecule has 0 aliphatic carbocycles. The monoisotopic (exact) mass is 229 g/mol. The minimum Gasteiger partial charge on any atom is -0.330 e. The molecule has 0 rings (SSSR count). The maximum absolute atomic E-state index is 12.4. The molecule has 1 nitrogen and oxygen atoms in total. The molecule has 2 N–H and O–H groups in total. The third-order valence-electron chi connectivity index (χ3n) is 1.81. The third-order valence-corrected chi connectivity index (χ3v) is 3.18. The Morgan fingerprint density at radius 2 is 1.79 bits per heavy atom. The van der Waals surface area contributed by atoms with E-state index in [0.717, 1.165) is 18.2 Å². The summed E-state index contributed by atoms with van der Waals surface area (Å²) in [6, 6.07) is 0. The summed E-state index contributed by atoms with van der Waals surface area (Å²) >= 11 is 0.976. The summed E-state index contributed by atoms with van der Waals surface area (Å²) in [7, 11) is 0. The van der Waals surface area contributed by atoms with E-state index in [9.17, 15) is 13.2 Å². The second kappa shape index (κ2) is 6.56. The first-order valence-electron chi connectivity index (χ1n) is 4.76. The van der Waals surface area contributed by atoms with Crippen LogP contribution in [-0.4, -0.2) is 23.7 Å². The van der Waals surface area contributed by atoms with Crippen molar-refractivity contribution >= 4 is 11.8 Å². The van der Waals surface area contributed by atoms with Crippen LogP contribution in [0.15, 0.2) is 0 Å². The molecule has 0 aromatic carbocycles. The lowest BCUT2D eigenvalue weighted by molar-refractivity contribution is -0.129. The molecule has 1 atom stereocenters. The summed E-state index contributed by atoms with van der Waals surface area (Å²) in [5, 5.41) is -1.29. The molecule has 0 spiro atoms. The van der Waals surface area contributed by atoms with Gasteiger partial charge in [0.25, 0.3) is 0 Å². The molecule has 14 heavy (non-hydrogen) atoms. The van der Waals surface area contributed by atoms with Crippen molar-refractivity contribution in [3.8, 4) is 0 Å². The van der Waals surface area contributed by atoms with Crippen molar-refractivity contribution in [2.45, 2.75) is 38.1 Å². The predicted octanol–water partition coefficient (Wildman–Crippen LogP) is 3.05. The van der Waals surface area contributed by atoms with E-state index in [1.54, 1.807) is 0 Å². The first-order valence-corrected chi connectivity index (χ1v) is 5.81. The molecule has 0 amide bonds. The van der Waals surface area contributed by atoms with Gasteiger partial charge in [-0.1, -0.05) is 13.8 Å². The van der Waals surface area contributed by atoms with Crippen molar-refractivity contribution in [1.82, 2.24) is 0 Å². The SMILES string of the molecule is CC(C)CCSC(CCN)C(F)(F)F. The normalized spacial score (nSPS) is 14.8. The number of alkyl halides is 3. The average Bonchev–Trinajstić information content (AvgIpc) is 2.00. The topological polar surface area (TPSA) is 26.0 Å². The molecular formula is C9H18F3NS. The van der Waals surface area contributed by atoms with Crippen molar-refractivity contribution < 1.29 is 13.2 Å². The highest BCUT2D eigenvalue weighted by atomic mass is 32.2. The fourth-order valence-electron chi connectivity index (χ4n) is 0.939. The number of thioether (sulfide) groups is 1. The Bertz CT molecular complexity index is 147. The number of hydrogen-bond donors (Lipinski definition) is 1. The van der Waals surface area contributed by atoms with Crippen LogP contribution in [0.5, 0.6) is 0 Å². The molecule has 0 aliphatic heterocycles. The maximum atomic E-state index is 12.4. The highest BCUT2D eigenvalue weighted by Gasteiger charge is 2.38. The Kier molecular flexibility index (Phi) is 6.61. The van der Waals surface area contributed by atoms with Gasteiger partial charge in [0.05, 0.1) is 0 Å². The van der Waals surface area contributed by atoms with Crippen LogP contribution in [0.25, 0.3) is 0 Å². The average molecular weight is 229 g/mol. The van der Waals surface area contributed by atoms with Gasteiger partial charge in [-0.05, 0) is 31.1 Å². The first-order chi connectivity index (χ1) is 6.38. The van der Waals surface area contributed by atoms with Gasteiger partial charge in [0.1, 0.15) is 5.25 Å². The number of hydrogen-bond acceptors (Lipinski definition) is 2. The van der Waals surface area contributed by atoms with Crippen LogP contribution in [0.2, 0.25) is 0 Å². The van der Waals surface area contributed by atoms with Crippen LogP contribution in [0.3, 0.4) is 0 Å². The molecule has 0 aromatic rings. The molecule has 0 saturated heterocycles. The van der Waals surface area contributed by atoms with Crippen molar-refractivity contribution in [3.05, 3.63) is 0 Å². The molecule has 0 saturated carbocycles. The van der Waals surface area contributed by atoms with Gasteiger partial charge in [0.15, 0.2) is 0 Å². The predicted molar refractivity (Wildman–Crippen MR) is 55.4 cm³/mol. The molecule has 0 heterocycles. The van der Waals surface area contributed by atoms with E-state index in [4.69, 9.17) is 5.73 Å². The van der Waals surface area contributed by atoms with Crippen molar-refractivity contribution in [2.24, 2.45) is 11.7 Å². The highest BCUT2D eigenvalue weighted by molar-refractivity contribution is 7.99. The van der Waals surface area contributed by atoms with Crippen LogP contribution in [0.4, 0.5) is 13.2 Å². The molecule has 0 fully saturated rings. The van der Waals surface area contributed by atoms with E-state index < -0.39 is 11.4 Å². The quantitative estimate of drug-likeness (QED) is 0.757. The number of nitrogens with two attached hydrogens (primary N) is 1. The van der Waals surface area contributed by atoms with Crippen molar-refractivity contribution in [2.75, 3.05) is 12.3 Å². The van der Waals surface area contributed by atoms with Crippen LogP contribution in [-0.2, 0) is 0 Å². The van der Waals surface area contributed by atoms with E-state index in [2.05, 4.69) is 0 Å². The van der Waals surface area contributed by atoms with E-state index in [0.29, 0.717) is 11.7 Å². The summed E-state index contributed by atoms with van der Waals surface area (Å²) in [5.41, 5.74) is 5.14. The zero-order chi connectivity index (χ0) is 11.2. The smallest absolute Gasteiger partial charge is 0.330 e. The highest BCUT2D eigenvalue weighted by Crippen LogP contribution is 2.33. The van der Waals surface area contributed by atoms with Gasteiger partial charge in [-0.15, -0.1) is 11.8 Å². The molecule has 86 valence electrons. The summed E-state index contributed by atoms with van der Waals surface area (Å²) in [6.07, 6.45) is -3.27. The number of halogens is 3. The van der Waals surface area contributed by atoms with Gasteiger partial charge in [-0.25, -0.2) is 0 Å². The standard InChI is InChI=1S/C9H18F3NS/c1-7(2)4-6-14-8(3-5-13)9(10,11)12/h7-8H,3-6,13H2,1-2H3. The van der Waals surface area contributed by atoms with E-state index in [1.807, 2.05) is 13.8 Å². The van der Waals surface area contributed by atoms with Gasteiger partial charge in [0.2, 0.25) is 0 Å². The van der Waals surface area contributed by atoms with Crippen LogP contribution in [0, 0.1) is 5.92 Å². The summed E-state index contributed by atoms with van der Waals surface area (Å²) < 4.78 is 37.1. The molecule has 0 radical (unpaired) electrons. The second-order valence-electron chi connectivity index (χ2n) is 3.66. The molecule has 1 unspecified atom stereocenters. The summed E-state index contributed by atoms with van der Waals surface area (Å²) in [6.45, 7) is 4.11. The molecule has 0 bridgehead atoms. The third kappa shape index (κ3) is 6.54. The zero-order valence-electron chi connectivity index (χ0n) is 8.60.